The first-order chi connectivity index (χ1) is 7.04. The molecular formula is C12H14O2S. The first-order valence-electron chi connectivity index (χ1n) is 4.61. The molecule has 15 heavy (non-hydrogen) atoms. The minimum atomic E-state index is -0.902. The molecule has 0 aromatic heterocycles. The van der Waals surface area contributed by atoms with Crippen LogP contribution in [0.4, 0.5) is 0 Å². The Morgan fingerprint density at radius 2 is 2.13 bits per heavy atom. The zero-order valence-electron chi connectivity index (χ0n) is 9.07. The number of carbonyl (C=O) groups is 1. The Bertz CT molecular complexity index is 408. The lowest BCUT2D eigenvalue weighted by molar-refractivity contribution is -0.131. The van der Waals surface area contributed by atoms with Gasteiger partial charge in [0.2, 0.25) is 0 Å². The lowest BCUT2D eigenvalue weighted by Crippen LogP contribution is -1.92. The molecule has 0 aliphatic heterocycles. The highest BCUT2D eigenvalue weighted by Gasteiger charge is 2.05. The topological polar surface area (TPSA) is 37.3 Å². The van der Waals surface area contributed by atoms with Crippen LogP contribution in [-0.2, 0) is 4.79 Å². The summed E-state index contributed by atoms with van der Waals surface area (Å²) in [6.45, 7) is 3.82. The van der Waals surface area contributed by atoms with E-state index in [0.29, 0.717) is 0 Å². The van der Waals surface area contributed by atoms with Crippen molar-refractivity contribution in [2.75, 3.05) is 6.26 Å². The van der Waals surface area contributed by atoms with E-state index in [1.807, 2.05) is 38.3 Å². The monoisotopic (exact) mass is 222 g/mol. The zero-order chi connectivity index (χ0) is 11.4. The number of aliphatic carboxylic acids is 1. The second-order valence-electron chi connectivity index (χ2n) is 3.37. The number of aryl methyl sites for hydroxylation is 1. The van der Waals surface area contributed by atoms with Gasteiger partial charge in [-0.25, -0.2) is 4.79 Å². The van der Waals surface area contributed by atoms with Crippen molar-refractivity contribution < 1.29 is 9.90 Å². The molecule has 0 aliphatic rings. The molecule has 0 unspecified atom stereocenters. The highest BCUT2D eigenvalue weighted by Crippen LogP contribution is 2.27. The Hall–Kier alpha value is -1.22. The van der Waals surface area contributed by atoms with Gasteiger partial charge in [-0.1, -0.05) is 17.7 Å². The Labute approximate surface area is 94.0 Å². The van der Waals surface area contributed by atoms with Crippen molar-refractivity contribution in [1.29, 1.82) is 0 Å². The third kappa shape index (κ3) is 3.13. The minimum Gasteiger partial charge on any atom is -0.478 e. The second kappa shape index (κ2) is 5.03. The number of rotatable bonds is 3. The number of thioether (sulfide) groups is 1. The molecule has 0 amide bonds. The lowest BCUT2D eigenvalue weighted by Gasteiger charge is -2.08. The summed E-state index contributed by atoms with van der Waals surface area (Å²) in [5, 5.41) is 8.69. The van der Waals surface area contributed by atoms with E-state index >= 15 is 0 Å². The van der Waals surface area contributed by atoms with Crippen molar-refractivity contribution in [3.63, 3.8) is 0 Å². The largest absolute Gasteiger partial charge is 0.478 e. The molecule has 0 bridgehead atoms. The van der Waals surface area contributed by atoms with Gasteiger partial charge < -0.3 is 5.11 Å². The third-order valence-electron chi connectivity index (χ3n) is 2.12. The van der Waals surface area contributed by atoms with Crippen molar-refractivity contribution in [3.8, 4) is 0 Å². The van der Waals surface area contributed by atoms with Crippen LogP contribution in [-0.4, -0.2) is 17.3 Å². The molecule has 1 aromatic carbocycles. The molecule has 80 valence electrons. The molecule has 0 fully saturated rings. The van der Waals surface area contributed by atoms with E-state index in [-0.39, 0.29) is 0 Å². The fraction of sp³-hybridized carbons (Fsp3) is 0.250. The average molecular weight is 222 g/mol. The fourth-order valence-corrected chi connectivity index (χ4v) is 2.04. The van der Waals surface area contributed by atoms with Crippen LogP contribution in [0.15, 0.2) is 29.2 Å². The van der Waals surface area contributed by atoms with E-state index < -0.39 is 5.97 Å². The van der Waals surface area contributed by atoms with E-state index in [1.54, 1.807) is 11.8 Å². The smallest absolute Gasteiger partial charge is 0.328 e. The zero-order valence-corrected chi connectivity index (χ0v) is 9.89. The van der Waals surface area contributed by atoms with Gasteiger partial charge in [0, 0.05) is 11.0 Å². The molecule has 0 spiro atoms. The molecule has 1 aromatic rings. The van der Waals surface area contributed by atoms with Crippen LogP contribution in [0.3, 0.4) is 0 Å². The molecule has 0 saturated carbocycles. The molecule has 1 rings (SSSR count). The highest BCUT2D eigenvalue weighted by molar-refractivity contribution is 7.98. The maximum atomic E-state index is 10.6. The predicted octanol–water partition coefficient (Wildman–Crippen LogP) is 3.20. The van der Waals surface area contributed by atoms with Gasteiger partial charge in [-0.3, -0.25) is 0 Å². The quantitative estimate of drug-likeness (QED) is 0.630. The molecule has 3 heteroatoms. The van der Waals surface area contributed by atoms with Gasteiger partial charge in [-0.05, 0) is 37.3 Å². The number of carboxylic acid groups (broad SMARTS) is 1. The van der Waals surface area contributed by atoms with Crippen molar-refractivity contribution in [3.05, 3.63) is 35.4 Å². The molecule has 1 N–H and O–H groups in total. The van der Waals surface area contributed by atoms with Gasteiger partial charge in [0.05, 0.1) is 0 Å². The molecule has 0 radical (unpaired) electrons. The minimum absolute atomic E-state index is 0.788. The Balaban J connectivity index is 3.22. The van der Waals surface area contributed by atoms with E-state index in [2.05, 4.69) is 0 Å². The molecule has 0 aliphatic carbocycles. The molecule has 0 atom stereocenters. The average Bonchev–Trinajstić information content (AvgIpc) is 2.16. The number of benzene rings is 1. The predicted molar refractivity (Wildman–Crippen MR) is 64.2 cm³/mol. The summed E-state index contributed by atoms with van der Waals surface area (Å²) in [5.74, 6) is -0.902. The fourth-order valence-electron chi connectivity index (χ4n) is 1.39. The third-order valence-corrected chi connectivity index (χ3v) is 2.92. The Morgan fingerprint density at radius 1 is 1.47 bits per heavy atom. The van der Waals surface area contributed by atoms with Crippen LogP contribution in [0.5, 0.6) is 0 Å². The van der Waals surface area contributed by atoms with Gasteiger partial charge in [0.15, 0.2) is 0 Å². The standard InChI is InChI=1S/C12H14O2S/c1-8-4-5-11(15-3)10(6-8)9(2)7-12(13)14/h4-7H,1-3H3,(H,13,14)/b9-7+. The first kappa shape index (κ1) is 11.9. The lowest BCUT2D eigenvalue weighted by atomic mass is 10.0. The normalized spacial score (nSPS) is 11.5. The molecule has 2 nitrogen and oxygen atoms in total. The van der Waals surface area contributed by atoms with E-state index in [0.717, 1.165) is 21.6 Å². The van der Waals surface area contributed by atoms with Crippen LogP contribution in [0, 0.1) is 6.92 Å². The van der Waals surface area contributed by atoms with E-state index in [4.69, 9.17) is 5.11 Å². The first-order valence-corrected chi connectivity index (χ1v) is 5.83. The van der Waals surface area contributed by atoms with Crippen molar-refractivity contribution >= 4 is 23.3 Å². The van der Waals surface area contributed by atoms with Crippen LogP contribution in [0.1, 0.15) is 18.1 Å². The van der Waals surface area contributed by atoms with Gasteiger partial charge in [0.25, 0.3) is 0 Å². The van der Waals surface area contributed by atoms with Crippen LogP contribution in [0.2, 0.25) is 0 Å². The molecule has 0 heterocycles. The summed E-state index contributed by atoms with van der Waals surface area (Å²) in [7, 11) is 0. The number of allylic oxidation sites excluding steroid dienone is 1. The van der Waals surface area contributed by atoms with Gasteiger partial charge >= 0.3 is 5.97 Å². The summed E-state index contributed by atoms with van der Waals surface area (Å²) >= 11 is 1.63. The Morgan fingerprint density at radius 3 is 2.67 bits per heavy atom. The summed E-state index contributed by atoms with van der Waals surface area (Å²) in [5.41, 5.74) is 2.93. The molecular weight excluding hydrogens is 208 g/mol. The van der Waals surface area contributed by atoms with Gasteiger partial charge in [0.1, 0.15) is 0 Å². The van der Waals surface area contributed by atoms with Crippen molar-refractivity contribution in [2.45, 2.75) is 18.7 Å². The maximum Gasteiger partial charge on any atom is 0.328 e. The summed E-state index contributed by atoms with van der Waals surface area (Å²) < 4.78 is 0. The summed E-state index contributed by atoms with van der Waals surface area (Å²) in [4.78, 5) is 11.7. The summed E-state index contributed by atoms with van der Waals surface area (Å²) in [6.07, 6.45) is 3.23. The van der Waals surface area contributed by atoms with Crippen molar-refractivity contribution in [1.82, 2.24) is 0 Å². The van der Waals surface area contributed by atoms with Crippen LogP contribution < -0.4 is 0 Å². The number of hydrogen-bond acceptors (Lipinski definition) is 2. The number of carboxylic acids is 1. The highest BCUT2D eigenvalue weighted by atomic mass is 32.2. The Kier molecular flexibility index (Phi) is 3.97. The molecule has 0 saturated heterocycles. The maximum absolute atomic E-state index is 10.6. The van der Waals surface area contributed by atoms with Crippen LogP contribution >= 0.6 is 11.8 Å². The van der Waals surface area contributed by atoms with Crippen LogP contribution in [0.25, 0.3) is 5.57 Å². The second-order valence-corrected chi connectivity index (χ2v) is 4.22. The van der Waals surface area contributed by atoms with Gasteiger partial charge in [-0.2, -0.15) is 0 Å². The number of hydrogen-bond donors (Lipinski definition) is 1. The van der Waals surface area contributed by atoms with E-state index in [9.17, 15) is 4.79 Å². The SMILES string of the molecule is CSc1ccc(C)cc1/C(C)=C/C(=O)O. The van der Waals surface area contributed by atoms with Gasteiger partial charge in [-0.15, -0.1) is 11.8 Å². The summed E-state index contributed by atoms with van der Waals surface area (Å²) in [6, 6.07) is 6.07. The van der Waals surface area contributed by atoms with E-state index in [1.165, 1.54) is 6.08 Å². The van der Waals surface area contributed by atoms with Crippen molar-refractivity contribution in [2.24, 2.45) is 0 Å².